The first kappa shape index (κ1) is 14.0. The maximum atomic E-state index is 12.3. The van der Waals surface area contributed by atoms with Gasteiger partial charge >= 0.3 is 0 Å². The first-order chi connectivity index (χ1) is 8.90. The summed E-state index contributed by atoms with van der Waals surface area (Å²) in [6.07, 6.45) is 2.62. The fourth-order valence-electron chi connectivity index (χ4n) is 2.63. The van der Waals surface area contributed by atoms with Gasteiger partial charge in [-0.3, -0.25) is 4.79 Å². The van der Waals surface area contributed by atoms with E-state index in [4.69, 9.17) is 18.0 Å². The average Bonchev–Trinajstić information content (AvgIpc) is 2.69. The zero-order valence-electron chi connectivity index (χ0n) is 11.5. The van der Waals surface area contributed by atoms with Crippen LogP contribution in [-0.4, -0.2) is 27.9 Å². The molecule has 0 aliphatic carbocycles. The predicted molar refractivity (Wildman–Crippen MR) is 81.1 cm³/mol. The number of rotatable bonds is 3. The quantitative estimate of drug-likeness (QED) is 0.861. The van der Waals surface area contributed by atoms with Crippen LogP contribution in [-0.2, 0) is 11.2 Å². The van der Waals surface area contributed by atoms with Crippen LogP contribution in [0.25, 0.3) is 0 Å². The number of thiocarbonyl (C=S) groups is 1. The summed E-state index contributed by atoms with van der Waals surface area (Å²) in [5, 5.41) is 0. The summed E-state index contributed by atoms with van der Waals surface area (Å²) < 4.78 is 0. The Morgan fingerprint density at radius 1 is 1.37 bits per heavy atom. The lowest BCUT2D eigenvalue weighted by Crippen LogP contribution is -2.43. The van der Waals surface area contributed by atoms with E-state index in [-0.39, 0.29) is 11.4 Å². The number of nitrogens with zero attached hydrogens (tertiary/aromatic N) is 1. The minimum atomic E-state index is -0.00412. The van der Waals surface area contributed by atoms with E-state index < -0.39 is 0 Å². The summed E-state index contributed by atoms with van der Waals surface area (Å²) >= 11 is 4.91. The minimum Gasteiger partial charge on any atom is -0.389 e. The highest BCUT2D eigenvalue weighted by Crippen LogP contribution is 2.28. The number of carbonyl (C=O) groups is 1. The number of hydrogen-bond acceptors (Lipinski definition) is 2. The van der Waals surface area contributed by atoms with E-state index in [1.165, 1.54) is 0 Å². The fraction of sp³-hybridized carbons (Fsp3) is 0.467. The van der Waals surface area contributed by atoms with Crippen LogP contribution < -0.4 is 5.73 Å². The average molecular weight is 276 g/mol. The molecule has 0 saturated carbocycles. The lowest BCUT2D eigenvalue weighted by Gasteiger charge is -2.31. The molecule has 0 aromatic heterocycles. The molecule has 2 rings (SSSR count). The van der Waals surface area contributed by atoms with Crippen LogP contribution in [0.5, 0.6) is 0 Å². The van der Waals surface area contributed by atoms with E-state index in [2.05, 4.69) is 13.8 Å². The first-order valence-electron chi connectivity index (χ1n) is 6.59. The van der Waals surface area contributed by atoms with Gasteiger partial charge in [-0.15, -0.1) is 0 Å². The van der Waals surface area contributed by atoms with Gasteiger partial charge in [0.25, 0.3) is 0 Å². The second-order valence-corrected chi connectivity index (χ2v) is 6.14. The molecule has 1 heterocycles. The lowest BCUT2D eigenvalue weighted by molar-refractivity contribution is -0.133. The van der Waals surface area contributed by atoms with Crippen molar-refractivity contribution in [1.82, 2.24) is 4.90 Å². The Balaban J connectivity index is 2.05. The van der Waals surface area contributed by atoms with Gasteiger partial charge in [0, 0.05) is 17.6 Å². The molecule has 19 heavy (non-hydrogen) atoms. The Morgan fingerprint density at radius 2 is 2.00 bits per heavy atom. The summed E-state index contributed by atoms with van der Waals surface area (Å²) in [6.45, 7) is 5.14. The van der Waals surface area contributed by atoms with Gasteiger partial charge in [-0.1, -0.05) is 36.5 Å². The van der Waals surface area contributed by atoms with E-state index in [1.54, 1.807) is 0 Å². The van der Waals surface area contributed by atoms with Crippen LogP contribution in [0.15, 0.2) is 24.3 Å². The molecule has 102 valence electrons. The molecule has 2 N–H and O–H groups in total. The number of amides is 1. The molecule has 1 aromatic carbocycles. The zero-order valence-corrected chi connectivity index (χ0v) is 12.3. The highest BCUT2D eigenvalue weighted by atomic mass is 32.1. The van der Waals surface area contributed by atoms with Gasteiger partial charge in [-0.2, -0.15) is 0 Å². The Bertz CT molecular complexity index is 493. The fourth-order valence-corrected chi connectivity index (χ4v) is 2.76. The molecule has 0 atom stereocenters. The summed E-state index contributed by atoms with van der Waals surface area (Å²) in [5.41, 5.74) is 7.40. The highest BCUT2D eigenvalue weighted by Gasteiger charge is 2.34. The molecular weight excluding hydrogens is 256 g/mol. The van der Waals surface area contributed by atoms with Crippen molar-refractivity contribution >= 4 is 23.1 Å². The van der Waals surface area contributed by atoms with Crippen molar-refractivity contribution in [1.29, 1.82) is 0 Å². The molecule has 3 nitrogen and oxygen atoms in total. The van der Waals surface area contributed by atoms with E-state index in [9.17, 15) is 4.79 Å². The number of likely N-dealkylation sites (tertiary alicyclic amines) is 1. The van der Waals surface area contributed by atoms with E-state index in [0.717, 1.165) is 30.5 Å². The minimum absolute atomic E-state index is 0.00412. The normalized spacial score (nSPS) is 17.5. The van der Waals surface area contributed by atoms with Crippen LogP contribution in [0.2, 0.25) is 0 Å². The van der Waals surface area contributed by atoms with Gasteiger partial charge < -0.3 is 10.6 Å². The van der Waals surface area contributed by atoms with Crippen LogP contribution in [0.1, 0.15) is 37.8 Å². The Labute approximate surface area is 119 Å². The van der Waals surface area contributed by atoms with Gasteiger partial charge in [-0.05, 0) is 32.3 Å². The van der Waals surface area contributed by atoms with Crippen molar-refractivity contribution < 1.29 is 4.79 Å². The van der Waals surface area contributed by atoms with Gasteiger partial charge in [0.05, 0.1) is 6.42 Å². The van der Waals surface area contributed by atoms with Crippen molar-refractivity contribution in [3.05, 3.63) is 35.4 Å². The molecule has 1 fully saturated rings. The third-order valence-corrected chi connectivity index (χ3v) is 4.03. The molecule has 0 bridgehead atoms. The van der Waals surface area contributed by atoms with E-state index in [0.29, 0.717) is 11.4 Å². The van der Waals surface area contributed by atoms with Crippen molar-refractivity contribution in [2.45, 2.75) is 38.6 Å². The van der Waals surface area contributed by atoms with Gasteiger partial charge in [0.2, 0.25) is 5.91 Å². The molecule has 1 aliphatic rings. The summed E-state index contributed by atoms with van der Waals surface area (Å²) in [4.78, 5) is 14.7. The monoisotopic (exact) mass is 276 g/mol. The lowest BCUT2D eigenvalue weighted by atomic mass is 10.0. The zero-order chi connectivity index (χ0) is 14.0. The van der Waals surface area contributed by atoms with E-state index >= 15 is 0 Å². The van der Waals surface area contributed by atoms with Crippen molar-refractivity contribution in [3.8, 4) is 0 Å². The largest absolute Gasteiger partial charge is 0.389 e. The summed E-state index contributed by atoms with van der Waals surface area (Å²) in [6, 6.07) is 7.60. The van der Waals surface area contributed by atoms with Crippen LogP contribution in [0, 0.1) is 0 Å². The number of nitrogens with two attached hydrogens (primary N) is 1. The van der Waals surface area contributed by atoms with E-state index in [1.807, 2.05) is 29.2 Å². The standard InChI is InChI=1S/C15H20N2OS/c1-15(2)8-3-9-17(15)13(18)10-11-4-6-12(7-5-11)14(16)19/h4-7H,3,8-10H2,1-2H3,(H2,16,19). The molecule has 4 heteroatoms. The van der Waals surface area contributed by atoms with Gasteiger partial charge in [-0.25, -0.2) is 0 Å². The maximum absolute atomic E-state index is 12.3. The Morgan fingerprint density at radius 3 is 2.47 bits per heavy atom. The molecule has 1 aromatic rings. The number of carbonyl (C=O) groups excluding carboxylic acids is 1. The second kappa shape index (κ2) is 5.29. The SMILES string of the molecule is CC1(C)CCCN1C(=O)Cc1ccc(C(N)=S)cc1. The highest BCUT2D eigenvalue weighted by molar-refractivity contribution is 7.80. The molecule has 1 aliphatic heterocycles. The summed E-state index contributed by atoms with van der Waals surface area (Å²) in [7, 11) is 0. The topological polar surface area (TPSA) is 46.3 Å². The number of hydrogen-bond donors (Lipinski definition) is 1. The molecular formula is C15H20N2OS. The van der Waals surface area contributed by atoms with Gasteiger partial charge in [0.1, 0.15) is 4.99 Å². The first-order valence-corrected chi connectivity index (χ1v) is 7.00. The van der Waals surface area contributed by atoms with Crippen molar-refractivity contribution in [2.75, 3.05) is 6.54 Å². The van der Waals surface area contributed by atoms with Gasteiger partial charge in [0.15, 0.2) is 0 Å². The molecule has 0 unspecified atom stereocenters. The molecule has 0 spiro atoms. The second-order valence-electron chi connectivity index (χ2n) is 5.70. The van der Waals surface area contributed by atoms with Crippen molar-refractivity contribution in [3.63, 3.8) is 0 Å². The maximum Gasteiger partial charge on any atom is 0.227 e. The Hall–Kier alpha value is -1.42. The Kier molecular flexibility index (Phi) is 3.90. The smallest absolute Gasteiger partial charge is 0.227 e. The van der Waals surface area contributed by atoms with Crippen LogP contribution >= 0.6 is 12.2 Å². The van der Waals surface area contributed by atoms with Crippen LogP contribution in [0.4, 0.5) is 0 Å². The molecule has 0 radical (unpaired) electrons. The summed E-state index contributed by atoms with van der Waals surface area (Å²) in [5.74, 6) is 0.200. The van der Waals surface area contributed by atoms with Crippen LogP contribution in [0.3, 0.4) is 0 Å². The molecule has 1 saturated heterocycles. The predicted octanol–water partition coefficient (Wildman–Crippen LogP) is 2.26. The van der Waals surface area contributed by atoms with Crippen molar-refractivity contribution in [2.24, 2.45) is 5.73 Å². The molecule has 1 amide bonds. The third kappa shape index (κ3) is 3.13. The third-order valence-electron chi connectivity index (χ3n) is 3.80. The number of benzene rings is 1.